The molecule has 2 aromatic carbocycles. The number of ether oxygens (including phenoxy) is 2. The van der Waals surface area contributed by atoms with E-state index in [9.17, 15) is 9.18 Å². The van der Waals surface area contributed by atoms with Gasteiger partial charge in [-0.15, -0.1) is 0 Å². The Bertz CT molecular complexity index is 961. The molecule has 0 atom stereocenters. The highest BCUT2D eigenvalue weighted by Crippen LogP contribution is 2.30. The quantitative estimate of drug-likeness (QED) is 0.645. The van der Waals surface area contributed by atoms with Crippen LogP contribution < -0.4 is 20.1 Å². The Kier molecular flexibility index (Phi) is 6.06. The number of anilines is 2. The molecule has 0 aliphatic heterocycles. The molecular formula is C21H20FN3O3. The molecule has 2 N–H and O–H groups in total. The number of hydrogen-bond donors (Lipinski definition) is 2. The zero-order valence-electron chi connectivity index (χ0n) is 15.5. The van der Waals surface area contributed by atoms with Crippen LogP contribution in [0.15, 0.2) is 60.9 Å². The summed E-state index contributed by atoms with van der Waals surface area (Å²) in [7, 11) is 3.08. The van der Waals surface area contributed by atoms with Crippen molar-refractivity contribution in [1.82, 2.24) is 4.98 Å². The molecule has 0 bridgehead atoms. The first-order valence-electron chi connectivity index (χ1n) is 8.56. The molecule has 0 unspecified atom stereocenters. The van der Waals surface area contributed by atoms with E-state index in [1.165, 1.54) is 25.4 Å². The van der Waals surface area contributed by atoms with E-state index in [1.807, 2.05) is 0 Å². The Morgan fingerprint density at radius 3 is 2.43 bits per heavy atom. The van der Waals surface area contributed by atoms with Crippen molar-refractivity contribution in [2.45, 2.75) is 6.54 Å². The van der Waals surface area contributed by atoms with Crippen LogP contribution in [0.5, 0.6) is 11.5 Å². The first-order chi connectivity index (χ1) is 13.6. The van der Waals surface area contributed by atoms with Gasteiger partial charge in [0.2, 0.25) is 0 Å². The van der Waals surface area contributed by atoms with Crippen molar-refractivity contribution in [3.05, 3.63) is 77.9 Å². The van der Waals surface area contributed by atoms with E-state index in [0.717, 1.165) is 5.56 Å². The van der Waals surface area contributed by atoms with Gasteiger partial charge < -0.3 is 20.1 Å². The zero-order chi connectivity index (χ0) is 19.9. The molecular weight excluding hydrogens is 361 g/mol. The molecule has 1 heterocycles. The van der Waals surface area contributed by atoms with Gasteiger partial charge in [0.25, 0.3) is 5.91 Å². The Morgan fingerprint density at radius 2 is 1.71 bits per heavy atom. The first kappa shape index (κ1) is 19.2. The second kappa shape index (κ2) is 8.85. The van der Waals surface area contributed by atoms with Gasteiger partial charge in [0.1, 0.15) is 5.82 Å². The number of carbonyl (C=O) groups excluding carboxylic acids is 1. The van der Waals surface area contributed by atoms with Crippen LogP contribution >= 0.6 is 0 Å². The average Bonchev–Trinajstić information content (AvgIpc) is 2.73. The average molecular weight is 381 g/mol. The SMILES string of the molecule is COc1ccc(NC(=O)c2cncc(NCc3ccc(F)cc3)c2)cc1OC. The molecule has 1 amide bonds. The normalized spacial score (nSPS) is 10.2. The highest BCUT2D eigenvalue weighted by molar-refractivity contribution is 6.04. The lowest BCUT2D eigenvalue weighted by Gasteiger charge is -2.11. The monoisotopic (exact) mass is 381 g/mol. The maximum Gasteiger partial charge on any atom is 0.257 e. The van der Waals surface area contributed by atoms with Gasteiger partial charge in [-0.2, -0.15) is 0 Å². The second-order valence-electron chi connectivity index (χ2n) is 5.97. The van der Waals surface area contributed by atoms with Gasteiger partial charge in [-0.3, -0.25) is 9.78 Å². The number of nitrogens with zero attached hydrogens (tertiary/aromatic N) is 1. The molecule has 144 valence electrons. The third-order valence-electron chi connectivity index (χ3n) is 4.05. The summed E-state index contributed by atoms with van der Waals surface area (Å²) in [6.45, 7) is 0.489. The van der Waals surface area contributed by atoms with Crippen LogP contribution in [0.25, 0.3) is 0 Å². The number of nitrogens with one attached hydrogen (secondary N) is 2. The third kappa shape index (κ3) is 4.76. The van der Waals surface area contributed by atoms with E-state index >= 15 is 0 Å². The summed E-state index contributed by atoms with van der Waals surface area (Å²) in [6, 6.07) is 13.0. The Labute approximate surface area is 162 Å². The summed E-state index contributed by atoms with van der Waals surface area (Å²) in [5, 5.41) is 5.98. The van der Waals surface area contributed by atoms with Gasteiger partial charge in [0.15, 0.2) is 11.5 Å². The van der Waals surface area contributed by atoms with E-state index in [4.69, 9.17) is 9.47 Å². The number of pyridine rings is 1. The van der Waals surface area contributed by atoms with Crippen LogP contribution in [0.1, 0.15) is 15.9 Å². The minimum absolute atomic E-state index is 0.278. The smallest absolute Gasteiger partial charge is 0.257 e. The minimum atomic E-state index is -0.301. The number of halogens is 1. The van der Waals surface area contributed by atoms with E-state index in [2.05, 4.69) is 15.6 Å². The lowest BCUT2D eigenvalue weighted by molar-refractivity contribution is 0.102. The summed E-state index contributed by atoms with van der Waals surface area (Å²) >= 11 is 0. The van der Waals surface area contributed by atoms with Gasteiger partial charge in [0.05, 0.1) is 25.5 Å². The topological polar surface area (TPSA) is 72.5 Å². The molecule has 0 aliphatic carbocycles. The lowest BCUT2D eigenvalue weighted by Crippen LogP contribution is -2.13. The first-order valence-corrected chi connectivity index (χ1v) is 8.56. The fraction of sp³-hybridized carbons (Fsp3) is 0.143. The molecule has 1 aromatic heterocycles. The Balaban J connectivity index is 1.67. The van der Waals surface area contributed by atoms with Crippen molar-refractivity contribution in [2.75, 3.05) is 24.9 Å². The van der Waals surface area contributed by atoms with Crippen LogP contribution in [0, 0.1) is 5.82 Å². The highest BCUT2D eigenvalue weighted by atomic mass is 19.1. The Hall–Kier alpha value is -3.61. The fourth-order valence-corrected chi connectivity index (χ4v) is 2.58. The van der Waals surface area contributed by atoms with Crippen molar-refractivity contribution < 1.29 is 18.7 Å². The van der Waals surface area contributed by atoms with Crippen LogP contribution in [0.3, 0.4) is 0 Å². The van der Waals surface area contributed by atoms with Crippen molar-refractivity contribution in [2.24, 2.45) is 0 Å². The van der Waals surface area contributed by atoms with Crippen LogP contribution in [0.2, 0.25) is 0 Å². The summed E-state index contributed by atoms with van der Waals surface area (Å²) in [4.78, 5) is 16.6. The number of carbonyl (C=O) groups is 1. The van der Waals surface area contributed by atoms with Gasteiger partial charge in [-0.25, -0.2) is 4.39 Å². The van der Waals surface area contributed by atoms with E-state index in [0.29, 0.717) is 35.0 Å². The van der Waals surface area contributed by atoms with E-state index < -0.39 is 0 Å². The summed E-state index contributed by atoms with van der Waals surface area (Å²) in [5.74, 6) is 0.520. The predicted molar refractivity (Wildman–Crippen MR) is 105 cm³/mol. The fourth-order valence-electron chi connectivity index (χ4n) is 2.58. The van der Waals surface area contributed by atoms with Crippen LogP contribution in [-0.4, -0.2) is 25.1 Å². The van der Waals surface area contributed by atoms with Gasteiger partial charge in [-0.1, -0.05) is 12.1 Å². The number of benzene rings is 2. The van der Waals surface area contributed by atoms with Gasteiger partial charge in [-0.05, 0) is 35.9 Å². The molecule has 7 heteroatoms. The molecule has 6 nitrogen and oxygen atoms in total. The molecule has 0 radical (unpaired) electrons. The number of hydrogen-bond acceptors (Lipinski definition) is 5. The molecule has 0 fully saturated rings. The highest BCUT2D eigenvalue weighted by Gasteiger charge is 2.10. The largest absolute Gasteiger partial charge is 0.493 e. The lowest BCUT2D eigenvalue weighted by atomic mass is 10.2. The van der Waals surface area contributed by atoms with Gasteiger partial charge in [0, 0.05) is 30.7 Å². The summed E-state index contributed by atoms with van der Waals surface area (Å²) in [5.41, 5.74) is 2.58. The van der Waals surface area contributed by atoms with E-state index in [1.54, 1.807) is 49.7 Å². The van der Waals surface area contributed by atoms with Crippen LogP contribution in [0.4, 0.5) is 15.8 Å². The molecule has 0 saturated heterocycles. The number of aromatic nitrogens is 1. The standard InChI is InChI=1S/C21H20FN3O3/c1-27-19-8-7-17(10-20(19)28-2)25-21(26)15-9-18(13-23-12-15)24-11-14-3-5-16(22)6-4-14/h3-10,12-13,24H,11H2,1-2H3,(H,25,26). The molecule has 3 aromatic rings. The second-order valence-corrected chi connectivity index (χ2v) is 5.97. The van der Waals surface area contributed by atoms with Crippen molar-refractivity contribution >= 4 is 17.3 Å². The molecule has 3 rings (SSSR count). The molecule has 0 spiro atoms. The summed E-state index contributed by atoms with van der Waals surface area (Å²) < 4.78 is 23.4. The number of rotatable bonds is 7. The summed E-state index contributed by atoms with van der Waals surface area (Å²) in [6.07, 6.45) is 3.11. The van der Waals surface area contributed by atoms with Crippen molar-refractivity contribution in [3.63, 3.8) is 0 Å². The van der Waals surface area contributed by atoms with Crippen LogP contribution in [-0.2, 0) is 6.54 Å². The maximum absolute atomic E-state index is 13.0. The predicted octanol–water partition coefficient (Wildman–Crippen LogP) is 4.10. The number of methoxy groups -OCH3 is 2. The maximum atomic E-state index is 13.0. The van der Waals surface area contributed by atoms with Crippen molar-refractivity contribution in [1.29, 1.82) is 0 Å². The number of amides is 1. The molecule has 0 aliphatic rings. The molecule has 0 saturated carbocycles. The molecule has 28 heavy (non-hydrogen) atoms. The zero-order valence-corrected chi connectivity index (χ0v) is 15.5. The third-order valence-corrected chi connectivity index (χ3v) is 4.05. The van der Waals surface area contributed by atoms with E-state index in [-0.39, 0.29) is 11.7 Å². The Morgan fingerprint density at radius 1 is 0.964 bits per heavy atom. The minimum Gasteiger partial charge on any atom is -0.493 e. The van der Waals surface area contributed by atoms with Gasteiger partial charge >= 0.3 is 0 Å². The van der Waals surface area contributed by atoms with Crippen molar-refractivity contribution in [3.8, 4) is 11.5 Å².